The van der Waals surface area contributed by atoms with Crippen molar-refractivity contribution in [3.63, 3.8) is 0 Å². The maximum atomic E-state index is 5.78. The molecule has 33 heavy (non-hydrogen) atoms. The van der Waals surface area contributed by atoms with Gasteiger partial charge in [-0.1, -0.05) is 47.6 Å². The molecule has 1 unspecified atom stereocenters. The fraction of sp³-hybridized carbons (Fsp3) is 0.320. The number of nitrogens with one attached hydrogen (secondary N) is 1. The third kappa shape index (κ3) is 5.07. The molecule has 0 spiro atoms. The predicted molar refractivity (Wildman–Crippen MR) is 132 cm³/mol. The highest BCUT2D eigenvalue weighted by atomic mass is 32.1. The van der Waals surface area contributed by atoms with E-state index in [-0.39, 0.29) is 6.04 Å². The summed E-state index contributed by atoms with van der Waals surface area (Å²) in [5.41, 5.74) is 3.77. The van der Waals surface area contributed by atoms with E-state index in [1.54, 1.807) is 7.11 Å². The van der Waals surface area contributed by atoms with Crippen LogP contribution in [0.15, 0.2) is 64.8 Å². The second kappa shape index (κ2) is 10.6. The van der Waals surface area contributed by atoms with Crippen molar-refractivity contribution in [1.82, 2.24) is 20.4 Å². The molecule has 0 bridgehead atoms. The molecule has 1 N–H and O–H groups in total. The fourth-order valence-electron chi connectivity index (χ4n) is 3.91. The van der Waals surface area contributed by atoms with Crippen molar-refractivity contribution in [1.29, 1.82) is 0 Å². The van der Waals surface area contributed by atoms with Gasteiger partial charge in [-0.05, 0) is 50.2 Å². The molecular weight excluding hydrogens is 436 g/mol. The summed E-state index contributed by atoms with van der Waals surface area (Å²) in [4.78, 5) is 6.82. The molecule has 0 radical (unpaired) electrons. The lowest BCUT2D eigenvalue weighted by Crippen LogP contribution is -2.46. The van der Waals surface area contributed by atoms with Crippen molar-refractivity contribution in [3.8, 4) is 17.1 Å². The van der Waals surface area contributed by atoms with Gasteiger partial charge in [-0.3, -0.25) is 0 Å². The van der Waals surface area contributed by atoms with Gasteiger partial charge in [0.25, 0.3) is 5.89 Å². The molecule has 8 heteroatoms. The van der Waals surface area contributed by atoms with Crippen molar-refractivity contribution in [3.05, 3.63) is 71.7 Å². The lowest BCUT2D eigenvalue weighted by Gasteiger charge is -2.37. The zero-order chi connectivity index (χ0) is 23.2. The van der Waals surface area contributed by atoms with Crippen LogP contribution in [0.3, 0.4) is 0 Å². The first-order valence-electron chi connectivity index (χ1n) is 11.0. The van der Waals surface area contributed by atoms with E-state index in [1.165, 1.54) is 0 Å². The lowest BCUT2D eigenvalue weighted by molar-refractivity contribution is 0.141. The maximum absolute atomic E-state index is 5.78. The van der Waals surface area contributed by atoms with E-state index in [9.17, 15) is 0 Å². The molecule has 0 saturated heterocycles. The van der Waals surface area contributed by atoms with Gasteiger partial charge in [-0.2, -0.15) is 4.98 Å². The van der Waals surface area contributed by atoms with Gasteiger partial charge in [0, 0.05) is 31.0 Å². The quantitative estimate of drug-likeness (QED) is 0.356. The Hall–Kier alpha value is -3.23. The number of aromatic nitrogens is 2. The highest BCUT2D eigenvalue weighted by Crippen LogP contribution is 2.38. The molecule has 0 amide bonds. The van der Waals surface area contributed by atoms with E-state index in [2.05, 4.69) is 15.4 Å². The second-order valence-corrected chi connectivity index (χ2v) is 8.04. The summed E-state index contributed by atoms with van der Waals surface area (Å²) in [7, 11) is 1.66. The summed E-state index contributed by atoms with van der Waals surface area (Å²) in [6, 6.07) is 17.5. The average molecular weight is 465 g/mol. The van der Waals surface area contributed by atoms with Crippen LogP contribution in [0.4, 0.5) is 0 Å². The van der Waals surface area contributed by atoms with Gasteiger partial charge >= 0.3 is 0 Å². The number of benzene rings is 2. The van der Waals surface area contributed by atoms with Crippen LogP contribution in [-0.2, 0) is 4.74 Å². The van der Waals surface area contributed by atoms with Gasteiger partial charge in [0.15, 0.2) is 5.11 Å². The van der Waals surface area contributed by atoms with Crippen LogP contribution in [-0.4, -0.2) is 47.0 Å². The summed E-state index contributed by atoms with van der Waals surface area (Å²) >= 11 is 5.75. The zero-order valence-electron chi connectivity index (χ0n) is 19.1. The number of methoxy groups -OCH3 is 1. The third-order valence-electron chi connectivity index (χ3n) is 5.59. The number of nitrogens with zero attached hydrogens (tertiary/aromatic N) is 3. The van der Waals surface area contributed by atoms with Crippen LogP contribution in [0.5, 0.6) is 5.75 Å². The molecule has 7 nitrogen and oxygen atoms in total. The fourth-order valence-corrected chi connectivity index (χ4v) is 4.25. The highest BCUT2D eigenvalue weighted by molar-refractivity contribution is 7.80. The van der Waals surface area contributed by atoms with Gasteiger partial charge in [0.2, 0.25) is 5.82 Å². The molecule has 3 aromatic rings. The Morgan fingerprint density at radius 1 is 1.15 bits per heavy atom. The molecule has 2 heterocycles. The minimum Gasteiger partial charge on any atom is -0.497 e. The topological polar surface area (TPSA) is 72.7 Å². The number of allylic oxidation sites excluding steroid dienone is 1. The molecule has 0 aliphatic carbocycles. The van der Waals surface area contributed by atoms with Crippen LogP contribution >= 0.6 is 12.2 Å². The minimum absolute atomic E-state index is 0.250. The molecule has 2 aromatic carbocycles. The van der Waals surface area contributed by atoms with E-state index < -0.39 is 0 Å². The van der Waals surface area contributed by atoms with Gasteiger partial charge in [-0.25, -0.2) is 0 Å². The van der Waals surface area contributed by atoms with Gasteiger partial charge in [0.1, 0.15) is 5.75 Å². The Bertz CT molecular complexity index is 1130. The lowest BCUT2D eigenvalue weighted by atomic mass is 9.94. The minimum atomic E-state index is -0.250. The molecule has 0 saturated carbocycles. The van der Waals surface area contributed by atoms with Crippen LogP contribution in [0.25, 0.3) is 17.0 Å². The Labute approximate surface area is 199 Å². The summed E-state index contributed by atoms with van der Waals surface area (Å²) < 4.78 is 16.7. The van der Waals surface area contributed by atoms with Crippen LogP contribution in [0.2, 0.25) is 0 Å². The summed E-state index contributed by atoms with van der Waals surface area (Å²) in [5, 5.41) is 8.38. The van der Waals surface area contributed by atoms with Gasteiger partial charge in [-0.15, -0.1) is 0 Å². The Morgan fingerprint density at radius 3 is 2.73 bits per heavy atom. The van der Waals surface area contributed by atoms with E-state index in [1.807, 2.05) is 68.4 Å². The predicted octanol–water partition coefficient (Wildman–Crippen LogP) is 4.83. The second-order valence-electron chi connectivity index (χ2n) is 7.65. The average Bonchev–Trinajstić information content (AvgIpc) is 3.33. The molecule has 1 aliphatic rings. The van der Waals surface area contributed by atoms with Crippen molar-refractivity contribution < 1.29 is 14.0 Å². The largest absolute Gasteiger partial charge is 0.497 e. The highest BCUT2D eigenvalue weighted by Gasteiger charge is 2.34. The molecule has 1 aliphatic heterocycles. The number of rotatable bonds is 9. The van der Waals surface area contributed by atoms with Crippen LogP contribution in [0, 0.1) is 0 Å². The summed E-state index contributed by atoms with van der Waals surface area (Å²) in [6.45, 7) is 6.14. The number of hydrogen-bond donors (Lipinski definition) is 1. The normalized spacial score (nSPS) is 16.2. The third-order valence-corrected chi connectivity index (χ3v) is 5.92. The molecular formula is C25H28N4O3S. The standard InChI is InChI=1S/C25H28N4O3S/c1-4-31-15-9-14-29-17(2)21(24-27-23(28-32-24)18-10-6-5-7-11-18)22(26-25(29)33)19-12-8-13-20(16-19)30-3/h5-8,10-13,16,22H,4,9,14-15H2,1-3H3,(H,26,33). The number of thiocarbonyl (C=S) groups is 1. The van der Waals surface area contributed by atoms with E-state index in [0.29, 0.717) is 30.0 Å². The summed E-state index contributed by atoms with van der Waals surface area (Å²) in [6.07, 6.45) is 0.850. The summed E-state index contributed by atoms with van der Waals surface area (Å²) in [5.74, 6) is 1.78. The first kappa shape index (κ1) is 22.9. The first-order chi connectivity index (χ1) is 16.1. The van der Waals surface area contributed by atoms with E-state index >= 15 is 0 Å². The zero-order valence-corrected chi connectivity index (χ0v) is 19.9. The molecule has 4 rings (SSSR count). The Balaban J connectivity index is 1.74. The van der Waals surface area contributed by atoms with Crippen LogP contribution < -0.4 is 10.1 Å². The number of hydrogen-bond acceptors (Lipinski definition) is 6. The Morgan fingerprint density at radius 2 is 1.97 bits per heavy atom. The van der Waals surface area contributed by atoms with Crippen molar-refractivity contribution in [2.75, 3.05) is 26.9 Å². The van der Waals surface area contributed by atoms with Crippen molar-refractivity contribution in [2.24, 2.45) is 0 Å². The smallest absolute Gasteiger partial charge is 0.258 e. The first-order valence-corrected chi connectivity index (χ1v) is 11.4. The monoisotopic (exact) mass is 464 g/mol. The SMILES string of the molecule is CCOCCCN1C(=S)NC(c2cccc(OC)c2)C(c2nc(-c3ccccc3)no2)=C1C. The van der Waals surface area contributed by atoms with E-state index in [0.717, 1.165) is 41.1 Å². The molecule has 1 aromatic heterocycles. The van der Waals surface area contributed by atoms with Gasteiger partial charge < -0.3 is 24.2 Å². The molecule has 1 atom stereocenters. The van der Waals surface area contributed by atoms with Crippen molar-refractivity contribution in [2.45, 2.75) is 26.3 Å². The van der Waals surface area contributed by atoms with Crippen molar-refractivity contribution >= 4 is 22.9 Å². The van der Waals surface area contributed by atoms with Gasteiger partial charge in [0.05, 0.1) is 18.7 Å². The van der Waals surface area contributed by atoms with Crippen LogP contribution in [0.1, 0.15) is 37.8 Å². The van der Waals surface area contributed by atoms with E-state index in [4.69, 9.17) is 31.2 Å². The Kier molecular flexibility index (Phi) is 7.36. The molecule has 0 fully saturated rings. The maximum Gasteiger partial charge on any atom is 0.258 e. The molecule has 172 valence electrons. The number of ether oxygens (including phenoxy) is 2.